The van der Waals surface area contributed by atoms with Crippen LogP contribution in [-0.2, 0) is 4.79 Å². The van der Waals surface area contributed by atoms with Crippen LogP contribution in [0.3, 0.4) is 0 Å². The number of hydrogen-bond acceptors (Lipinski definition) is 2. The molecule has 1 N–H and O–H groups in total. The van der Waals surface area contributed by atoms with Gasteiger partial charge in [-0.15, -0.1) is 12.4 Å². The summed E-state index contributed by atoms with van der Waals surface area (Å²) in [6.45, 7) is 1.77. The molecule has 1 atom stereocenters. The number of carbonyl (C=O) groups is 1. The fourth-order valence-electron chi connectivity index (χ4n) is 2.47. The molecule has 0 aromatic rings. The quantitative estimate of drug-likeness (QED) is 0.826. The molecule has 0 aromatic heterocycles. The van der Waals surface area contributed by atoms with Gasteiger partial charge >= 0.3 is 0 Å². The summed E-state index contributed by atoms with van der Waals surface area (Å²) in [6, 6.07) is 0.176. The van der Waals surface area contributed by atoms with Gasteiger partial charge in [0.15, 0.2) is 0 Å². The van der Waals surface area contributed by atoms with Gasteiger partial charge in [0.05, 0.1) is 0 Å². The first-order chi connectivity index (χ1) is 7.49. The topological polar surface area (TPSA) is 32.3 Å². The summed E-state index contributed by atoms with van der Waals surface area (Å²) >= 11 is 0. The molecule has 100 valence electrons. The van der Waals surface area contributed by atoms with Crippen molar-refractivity contribution in [3.63, 3.8) is 0 Å². The van der Waals surface area contributed by atoms with Crippen molar-refractivity contribution in [2.75, 3.05) is 20.1 Å². The number of likely N-dealkylation sites (N-methyl/N-ethyl adjacent to an activating group) is 1. The van der Waals surface area contributed by atoms with Crippen molar-refractivity contribution in [1.29, 1.82) is 0 Å². The summed E-state index contributed by atoms with van der Waals surface area (Å²) in [5.74, 6) is -3.17. The highest BCUT2D eigenvalue weighted by Crippen LogP contribution is 2.43. The molecule has 2 fully saturated rings. The van der Waals surface area contributed by atoms with Crippen LogP contribution in [0.15, 0.2) is 0 Å². The number of amides is 1. The zero-order valence-electron chi connectivity index (χ0n) is 9.92. The van der Waals surface area contributed by atoms with Gasteiger partial charge in [-0.25, -0.2) is 8.78 Å². The number of halogens is 3. The minimum Gasteiger partial charge on any atom is -0.341 e. The second-order valence-electron chi connectivity index (χ2n) is 4.91. The molecule has 0 unspecified atom stereocenters. The summed E-state index contributed by atoms with van der Waals surface area (Å²) < 4.78 is 25.3. The number of carbonyl (C=O) groups excluding carboxylic acids is 1. The molecule has 1 amide bonds. The van der Waals surface area contributed by atoms with Crippen LogP contribution >= 0.6 is 12.4 Å². The highest BCUT2D eigenvalue weighted by Gasteiger charge is 2.49. The van der Waals surface area contributed by atoms with E-state index in [1.807, 2.05) is 0 Å². The van der Waals surface area contributed by atoms with E-state index in [1.54, 1.807) is 11.9 Å². The fourth-order valence-corrected chi connectivity index (χ4v) is 2.47. The highest BCUT2D eigenvalue weighted by molar-refractivity contribution is 5.85. The summed E-state index contributed by atoms with van der Waals surface area (Å²) in [5, 5.41) is 3.22. The van der Waals surface area contributed by atoms with Crippen molar-refractivity contribution >= 4 is 18.3 Å². The van der Waals surface area contributed by atoms with Crippen LogP contribution in [0.4, 0.5) is 8.78 Å². The minimum atomic E-state index is -2.61. The Hall–Kier alpha value is -0.420. The van der Waals surface area contributed by atoms with E-state index >= 15 is 0 Å². The van der Waals surface area contributed by atoms with Crippen LogP contribution in [0, 0.1) is 5.92 Å². The maximum absolute atomic E-state index is 12.7. The van der Waals surface area contributed by atoms with Crippen LogP contribution in [0.1, 0.15) is 25.7 Å². The Balaban J connectivity index is 0.00000144. The van der Waals surface area contributed by atoms with E-state index in [9.17, 15) is 13.6 Å². The predicted octanol–water partition coefficient (Wildman–Crippen LogP) is 1.66. The molecule has 1 aliphatic carbocycles. The second kappa shape index (κ2) is 5.48. The number of nitrogens with one attached hydrogen (secondary N) is 1. The molecule has 2 rings (SSSR count). The SMILES string of the molecule is CN(C(=O)C1CC(F)(F)C1)[C@H]1CCCNC1.Cl. The number of nitrogens with zero attached hydrogens (tertiary/aromatic N) is 1. The van der Waals surface area contributed by atoms with E-state index in [4.69, 9.17) is 0 Å². The molecule has 2 aliphatic rings. The van der Waals surface area contributed by atoms with Crippen molar-refractivity contribution < 1.29 is 13.6 Å². The number of hydrogen-bond donors (Lipinski definition) is 1. The van der Waals surface area contributed by atoms with E-state index in [-0.39, 0.29) is 37.2 Å². The van der Waals surface area contributed by atoms with Crippen molar-refractivity contribution in [2.45, 2.75) is 37.6 Å². The molecule has 3 nitrogen and oxygen atoms in total. The Morgan fingerprint density at radius 1 is 1.41 bits per heavy atom. The summed E-state index contributed by atoms with van der Waals surface area (Å²) in [6.07, 6.45) is 1.48. The van der Waals surface area contributed by atoms with Crippen molar-refractivity contribution in [3.8, 4) is 0 Å². The van der Waals surface area contributed by atoms with Gasteiger partial charge in [-0.05, 0) is 19.4 Å². The Kier molecular flexibility index (Phi) is 4.72. The molecule has 0 aromatic carbocycles. The standard InChI is InChI=1S/C11H18F2N2O.ClH/c1-15(9-3-2-4-14-7-9)10(16)8-5-11(12,13)6-8;/h8-9,14H,2-7H2,1H3;1H/t9-;/m0./s1. The van der Waals surface area contributed by atoms with E-state index in [1.165, 1.54) is 0 Å². The Labute approximate surface area is 106 Å². The lowest BCUT2D eigenvalue weighted by Gasteiger charge is -2.39. The predicted molar refractivity (Wildman–Crippen MR) is 63.6 cm³/mol. The monoisotopic (exact) mass is 268 g/mol. The van der Waals surface area contributed by atoms with E-state index in [0.29, 0.717) is 0 Å². The molecular weight excluding hydrogens is 250 g/mol. The van der Waals surface area contributed by atoms with Crippen LogP contribution in [-0.4, -0.2) is 42.9 Å². The van der Waals surface area contributed by atoms with Gasteiger partial charge in [0.1, 0.15) is 0 Å². The maximum atomic E-state index is 12.7. The number of alkyl halides is 2. The molecule has 6 heteroatoms. The molecule has 1 heterocycles. The number of piperidine rings is 1. The summed E-state index contributed by atoms with van der Waals surface area (Å²) in [4.78, 5) is 13.5. The first-order valence-corrected chi connectivity index (χ1v) is 5.85. The van der Waals surface area contributed by atoms with Crippen molar-refractivity contribution in [3.05, 3.63) is 0 Å². The summed E-state index contributed by atoms with van der Waals surface area (Å²) in [7, 11) is 1.73. The van der Waals surface area contributed by atoms with Gasteiger partial charge in [-0.3, -0.25) is 4.79 Å². The third-order valence-corrected chi connectivity index (χ3v) is 3.61. The molecule has 1 saturated carbocycles. The van der Waals surface area contributed by atoms with Gasteiger partial charge < -0.3 is 10.2 Å². The van der Waals surface area contributed by atoms with E-state index in [2.05, 4.69) is 5.32 Å². The van der Waals surface area contributed by atoms with Gasteiger partial charge in [0.25, 0.3) is 0 Å². The molecule has 17 heavy (non-hydrogen) atoms. The smallest absolute Gasteiger partial charge is 0.249 e. The average Bonchev–Trinajstić information content (AvgIpc) is 2.25. The molecule has 1 aliphatic heterocycles. The first-order valence-electron chi connectivity index (χ1n) is 5.85. The molecule has 1 saturated heterocycles. The minimum absolute atomic E-state index is 0. The lowest BCUT2D eigenvalue weighted by atomic mass is 9.80. The average molecular weight is 269 g/mol. The third-order valence-electron chi connectivity index (χ3n) is 3.61. The first kappa shape index (κ1) is 14.6. The third kappa shape index (κ3) is 3.28. The van der Waals surface area contributed by atoms with Gasteiger partial charge in [-0.2, -0.15) is 0 Å². The van der Waals surface area contributed by atoms with Crippen LogP contribution in [0.25, 0.3) is 0 Å². The Morgan fingerprint density at radius 2 is 2.06 bits per heavy atom. The molecule has 0 spiro atoms. The van der Waals surface area contributed by atoms with Crippen molar-refractivity contribution in [1.82, 2.24) is 10.2 Å². The normalized spacial score (nSPS) is 27.8. The zero-order valence-corrected chi connectivity index (χ0v) is 10.7. The maximum Gasteiger partial charge on any atom is 0.249 e. The largest absolute Gasteiger partial charge is 0.341 e. The fraction of sp³-hybridized carbons (Fsp3) is 0.909. The zero-order chi connectivity index (χ0) is 11.8. The van der Waals surface area contributed by atoms with Crippen LogP contribution < -0.4 is 5.32 Å². The number of rotatable bonds is 2. The van der Waals surface area contributed by atoms with Crippen molar-refractivity contribution in [2.24, 2.45) is 5.92 Å². The highest BCUT2D eigenvalue weighted by atomic mass is 35.5. The van der Waals surface area contributed by atoms with Gasteiger partial charge in [0.2, 0.25) is 11.8 Å². The van der Waals surface area contributed by atoms with E-state index in [0.717, 1.165) is 25.9 Å². The van der Waals surface area contributed by atoms with Crippen LogP contribution in [0.2, 0.25) is 0 Å². The molecule has 0 bridgehead atoms. The van der Waals surface area contributed by atoms with Gasteiger partial charge in [0, 0.05) is 38.4 Å². The van der Waals surface area contributed by atoms with E-state index < -0.39 is 11.8 Å². The summed E-state index contributed by atoms with van der Waals surface area (Å²) in [5.41, 5.74) is 0. The van der Waals surface area contributed by atoms with Gasteiger partial charge in [-0.1, -0.05) is 0 Å². The molecule has 0 radical (unpaired) electrons. The Morgan fingerprint density at radius 3 is 2.53 bits per heavy atom. The lowest BCUT2D eigenvalue weighted by molar-refractivity contribution is -0.160. The molecular formula is C11H19ClF2N2O. The Bertz CT molecular complexity index is 275. The second-order valence-corrected chi connectivity index (χ2v) is 4.91. The lowest BCUT2D eigenvalue weighted by Crippen LogP contribution is -2.52. The van der Waals surface area contributed by atoms with Crippen LogP contribution in [0.5, 0.6) is 0 Å².